The van der Waals surface area contributed by atoms with Crippen LogP contribution in [0.5, 0.6) is 5.75 Å². The number of ether oxygens (including phenoxy) is 1. The minimum Gasteiger partial charge on any atom is -0.479 e. The first-order valence-corrected chi connectivity index (χ1v) is 23.9. The van der Waals surface area contributed by atoms with E-state index in [0.29, 0.717) is 45.8 Å². The van der Waals surface area contributed by atoms with Crippen molar-refractivity contribution in [2.45, 2.75) is 50.1 Å². The summed E-state index contributed by atoms with van der Waals surface area (Å²) in [6.45, 7) is -0.284. The van der Waals surface area contributed by atoms with Gasteiger partial charge in [0.15, 0.2) is 17.2 Å². The summed E-state index contributed by atoms with van der Waals surface area (Å²) >= 11 is 7.31. The summed E-state index contributed by atoms with van der Waals surface area (Å²) in [4.78, 5) is 89.3. The summed E-state index contributed by atoms with van der Waals surface area (Å²) < 4.78 is 48.6. The Morgan fingerprint density at radius 1 is 0.955 bits per heavy atom. The fourth-order valence-corrected chi connectivity index (χ4v) is 11.4. The molecular formula is C44H43ClFN7O12S2. The second-order valence-electron chi connectivity index (χ2n) is 16.4. The number of thiophene rings is 1. The molecule has 352 valence electrons. The van der Waals surface area contributed by atoms with E-state index in [2.05, 4.69) is 21.3 Å². The van der Waals surface area contributed by atoms with Gasteiger partial charge in [-0.1, -0.05) is 35.9 Å². The summed E-state index contributed by atoms with van der Waals surface area (Å²) in [7, 11) is -3.86. The lowest BCUT2D eigenvalue weighted by Gasteiger charge is -2.38. The zero-order valence-electron chi connectivity index (χ0n) is 35.4. The number of nitrogens with zero attached hydrogens (tertiary/aromatic N) is 3. The third-order valence-corrected chi connectivity index (χ3v) is 15.5. The molecule has 19 nitrogen and oxygen atoms in total. The number of benzene rings is 3. The first kappa shape index (κ1) is 46.9. The SMILES string of the molecule is O=C(O)COc1c(C(=O)O)sc(-c2cccc(NC3CCN(S(=O)(=O)Cc4ccc(F)c(NC(=O)C5CN(C(=O)CNc6cccc7c6CN(C6CCC(=O)NC6=O)C7=O)C5)c4)CC3)c2)c1Cl. The van der Waals surface area contributed by atoms with Gasteiger partial charge in [-0.15, -0.1) is 11.3 Å². The van der Waals surface area contributed by atoms with E-state index in [-0.39, 0.29) is 103 Å². The lowest BCUT2D eigenvalue weighted by Crippen LogP contribution is -2.55. The minimum absolute atomic E-state index is 0.0302. The van der Waals surface area contributed by atoms with Gasteiger partial charge in [-0.25, -0.2) is 26.7 Å². The number of carbonyl (C=O) groups excluding carboxylic acids is 5. The average molecular weight is 980 g/mol. The van der Waals surface area contributed by atoms with Crippen LogP contribution in [0, 0.1) is 11.7 Å². The third-order valence-electron chi connectivity index (χ3n) is 11.9. The Balaban J connectivity index is 0.802. The number of halogens is 2. The van der Waals surface area contributed by atoms with Crippen molar-refractivity contribution in [1.29, 1.82) is 0 Å². The highest BCUT2D eigenvalue weighted by Crippen LogP contribution is 2.46. The van der Waals surface area contributed by atoms with Crippen molar-refractivity contribution in [3.05, 3.63) is 93.1 Å². The Morgan fingerprint density at radius 2 is 1.70 bits per heavy atom. The Bertz CT molecular complexity index is 2810. The highest BCUT2D eigenvalue weighted by atomic mass is 35.5. The molecular weight excluding hydrogens is 937 g/mol. The molecule has 23 heteroatoms. The van der Waals surface area contributed by atoms with Gasteiger partial charge in [0.2, 0.25) is 33.7 Å². The number of fused-ring (bicyclic) bond motifs is 1. The molecule has 4 aliphatic heterocycles. The van der Waals surface area contributed by atoms with Crippen LogP contribution in [0.2, 0.25) is 5.02 Å². The lowest BCUT2D eigenvalue weighted by atomic mass is 9.98. The molecule has 4 aromatic rings. The van der Waals surface area contributed by atoms with Crippen LogP contribution < -0.4 is 26.0 Å². The summed E-state index contributed by atoms with van der Waals surface area (Å²) in [5.41, 5.74) is 2.84. The quantitative estimate of drug-likeness (QED) is 0.0867. The Morgan fingerprint density at radius 3 is 2.42 bits per heavy atom. The van der Waals surface area contributed by atoms with Crippen LogP contribution in [0.1, 0.15) is 56.8 Å². The Hall–Kier alpha value is -6.62. The van der Waals surface area contributed by atoms with Gasteiger partial charge in [0, 0.05) is 67.7 Å². The highest BCUT2D eigenvalue weighted by Gasteiger charge is 2.41. The van der Waals surface area contributed by atoms with E-state index in [9.17, 15) is 51.5 Å². The van der Waals surface area contributed by atoms with Gasteiger partial charge in [-0.05, 0) is 66.8 Å². The van der Waals surface area contributed by atoms with Crippen molar-refractivity contribution in [3.8, 4) is 16.2 Å². The number of rotatable bonds is 16. The van der Waals surface area contributed by atoms with E-state index < -0.39 is 63.9 Å². The number of imide groups is 1. The largest absolute Gasteiger partial charge is 0.479 e. The average Bonchev–Trinajstić information content (AvgIpc) is 3.79. The van der Waals surface area contributed by atoms with E-state index in [1.54, 1.807) is 42.5 Å². The van der Waals surface area contributed by atoms with Crippen LogP contribution in [-0.4, -0.2) is 126 Å². The Kier molecular flexibility index (Phi) is 13.5. The maximum absolute atomic E-state index is 15.0. The number of aliphatic carboxylic acids is 1. The van der Waals surface area contributed by atoms with Gasteiger partial charge in [-0.3, -0.25) is 29.3 Å². The summed E-state index contributed by atoms with van der Waals surface area (Å²) in [5, 5.41) is 29.9. The molecule has 3 aromatic carbocycles. The zero-order chi connectivity index (χ0) is 47.7. The fraction of sp³-hybridized carbons (Fsp3) is 0.341. The first-order valence-electron chi connectivity index (χ1n) is 21.1. The zero-order valence-corrected chi connectivity index (χ0v) is 37.8. The second kappa shape index (κ2) is 19.3. The number of likely N-dealkylation sites (tertiary alicyclic amines) is 1. The fourth-order valence-electron chi connectivity index (χ4n) is 8.43. The molecule has 3 saturated heterocycles. The van der Waals surface area contributed by atoms with Gasteiger partial charge in [0.05, 0.1) is 28.8 Å². The molecule has 1 unspecified atom stereocenters. The minimum atomic E-state index is -3.86. The number of hydrogen-bond donors (Lipinski definition) is 6. The van der Waals surface area contributed by atoms with E-state index in [0.717, 1.165) is 17.4 Å². The number of carboxylic acids is 2. The number of hydrogen-bond acceptors (Lipinski definition) is 13. The summed E-state index contributed by atoms with van der Waals surface area (Å²) in [5.74, 6) is -6.82. The van der Waals surface area contributed by atoms with Crippen molar-refractivity contribution in [3.63, 3.8) is 0 Å². The number of amides is 5. The standard InChI is InChI=1S/C44H43ClFN7O12S2/c45-37-38(65-21-36(56)57)40(44(61)62)66-39(37)24-3-1-4-27(16-24)48-26-11-13-52(14-12-26)67(63,64)22-23-7-8-30(46)32(15-23)49-41(58)25-18-51(19-25)35(55)17-47-31-6-2-5-28-29(31)20-53(43(28)60)33-9-10-34(54)50-42(33)59/h1-8,15-16,25-26,33,47-48H,9-14,17-22H2,(H,49,58)(H,56,57)(H,61,62)(H,50,54,59). The van der Waals surface area contributed by atoms with E-state index in [1.807, 2.05) is 0 Å². The normalized spacial score (nSPS) is 17.9. The summed E-state index contributed by atoms with van der Waals surface area (Å²) in [6.07, 6.45) is 1.23. The maximum atomic E-state index is 15.0. The number of carbonyl (C=O) groups is 7. The van der Waals surface area contributed by atoms with Gasteiger partial charge in [0.25, 0.3) is 5.91 Å². The molecule has 1 aromatic heterocycles. The number of aromatic carboxylic acids is 1. The predicted octanol–water partition coefficient (Wildman–Crippen LogP) is 4.05. The van der Waals surface area contributed by atoms with E-state index in [1.165, 1.54) is 26.2 Å². The Labute approximate surface area is 391 Å². The molecule has 3 fully saturated rings. The molecule has 0 aliphatic carbocycles. The molecule has 0 spiro atoms. The molecule has 0 saturated carbocycles. The highest BCUT2D eigenvalue weighted by molar-refractivity contribution is 7.88. The van der Waals surface area contributed by atoms with Crippen molar-refractivity contribution >= 4 is 91.5 Å². The van der Waals surface area contributed by atoms with Crippen molar-refractivity contribution in [2.75, 3.05) is 55.3 Å². The molecule has 4 aliphatic rings. The van der Waals surface area contributed by atoms with Crippen LogP contribution >= 0.6 is 22.9 Å². The number of sulfonamides is 1. The van der Waals surface area contributed by atoms with Gasteiger partial charge in [-0.2, -0.15) is 0 Å². The maximum Gasteiger partial charge on any atom is 0.349 e. The van der Waals surface area contributed by atoms with Gasteiger partial charge >= 0.3 is 11.9 Å². The molecule has 6 N–H and O–H groups in total. The van der Waals surface area contributed by atoms with Crippen LogP contribution in [0.15, 0.2) is 60.7 Å². The molecule has 5 amide bonds. The molecule has 1 atom stereocenters. The van der Waals surface area contributed by atoms with Crippen LogP contribution in [-0.2, 0) is 46.3 Å². The van der Waals surface area contributed by atoms with Crippen LogP contribution in [0.3, 0.4) is 0 Å². The summed E-state index contributed by atoms with van der Waals surface area (Å²) in [6, 6.07) is 14.8. The van der Waals surface area contributed by atoms with Gasteiger partial charge < -0.3 is 40.7 Å². The van der Waals surface area contributed by atoms with Gasteiger partial charge in [0.1, 0.15) is 16.9 Å². The van der Waals surface area contributed by atoms with E-state index in [4.69, 9.17) is 21.4 Å². The second-order valence-corrected chi connectivity index (χ2v) is 19.8. The smallest absolute Gasteiger partial charge is 0.349 e. The number of anilines is 3. The lowest BCUT2D eigenvalue weighted by molar-refractivity contribution is -0.140. The molecule has 67 heavy (non-hydrogen) atoms. The van der Waals surface area contributed by atoms with Crippen molar-refractivity contribution < 1.29 is 61.3 Å². The molecule has 8 rings (SSSR count). The molecule has 5 heterocycles. The number of carboxylic acid groups (broad SMARTS) is 2. The monoisotopic (exact) mass is 979 g/mol. The predicted molar refractivity (Wildman–Crippen MR) is 242 cm³/mol. The molecule has 0 radical (unpaired) electrons. The molecule has 0 bridgehead atoms. The van der Waals surface area contributed by atoms with Crippen molar-refractivity contribution in [1.82, 2.24) is 19.4 Å². The third kappa shape index (κ3) is 10.2. The first-order chi connectivity index (χ1) is 31.9. The van der Waals surface area contributed by atoms with E-state index >= 15 is 0 Å². The number of nitrogens with one attached hydrogen (secondary N) is 4. The van der Waals surface area contributed by atoms with Crippen LogP contribution in [0.25, 0.3) is 10.4 Å². The topological polar surface area (TPSA) is 261 Å². The van der Waals surface area contributed by atoms with Crippen LogP contribution in [0.4, 0.5) is 21.5 Å². The number of piperidine rings is 2. The van der Waals surface area contributed by atoms with Crippen molar-refractivity contribution in [2.24, 2.45) is 5.92 Å².